The highest BCUT2D eigenvalue weighted by molar-refractivity contribution is 6.42. The molecule has 3 nitrogen and oxygen atoms in total. The van der Waals surface area contributed by atoms with Crippen molar-refractivity contribution in [2.45, 2.75) is 12.3 Å². The van der Waals surface area contributed by atoms with Crippen LogP contribution in [0.25, 0.3) is 0 Å². The minimum atomic E-state index is -0.926. The zero-order valence-corrected chi connectivity index (χ0v) is 10.8. The fourth-order valence-electron chi connectivity index (χ4n) is 1.71. The lowest BCUT2D eigenvalue weighted by molar-refractivity contribution is -0.138. The Hall–Kier alpha value is -1.45. The van der Waals surface area contributed by atoms with Crippen LogP contribution < -0.4 is 0 Å². The van der Waals surface area contributed by atoms with Crippen LogP contribution in [0.3, 0.4) is 0 Å². The van der Waals surface area contributed by atoms with Crippen molar-refractivity contribution in [3.05, 3.63) is 58.0 Å². The van der Waals surface area contributed by atoms with E-state index in [1.165, 1.54) is 6.26 Å². The van der Waals surface area contributed by atoms with Crippen LogP contribution in [-0.4, -0.2) is 11.1 Å². The number of hydrogen-bond donors (Lipinski definition) is 1. The Bertz CT molecular complexity index is 549. The van der Waals surface area contributed by atoms with E-state index >= 15 is 0 Å². The summed E-state index contributed by atoms with van der Waals surface area (Å²) >= 11 is 11.7. The Balaban J connectivity index is 2.29. The zero-order chi connectivity index (χ0) is 13.1. The molecule has 0 radical (unpaired) electrons. The van der Waals surface area contributed by atoms with Crippen LogP contribution in [0.4, 0.5) is 0 Å². The first kappa shape index (κ1) is 13.0. The Morgan fingerprint density at radius 3 is 2.61 bits per heavy atom. The smallest absolute Gasteiger partial charge is 0.311 e. The van der Waals surface area contributed by atoms with Crippen LogP contribution >= 0.6 is 23.2 Å². The Kier molecular flexibility index (Phi) is 3.94. The van der Waals surface area contributed by atoms with Crippen LogP contribution in [0, 0.1) is 0 Å². The largest absolute Gasteiger partial charge is 0.481 e. The van der Waals surface area contributed by atoms with Crippen LogP contribution in [0.1, 0.15) is 17.2 Å². The van der Waals surface area contributed by atoms with Gasteiger partial charge in [-0.15, -0.1) is 0 Å². The molecule has 2 rings (SSSR count). The van der Waals surface area contributed by atoms with Crippen LogP contribution in [0.15, 0.2) is 41.0 Å². The van der Waals surface area contributed by atoms with Crippen molar-refractivity contribution in [2.24, 2.45) is 0 Å². The standard InChI is InChI=1S/C13H10Cl2O3/c14-11-4-3-8(6-12(11)15)10(13(16)17)7-9-2-1-5-18-9/h1-6,10H,7H2,(H,16,17). The fraction of sp³-hybridized carbons (Fsp3) is 0.154. The first-order valence-corrected chi connectivity index (χ1v) is 6.03. The van der Waals surface area contributed by atoms with Gasteiger partial charge in [0, 0.05) is 6.42 Å². The molecule has 0 aliphatic rings. The molecule has 2 aromatic rings. The summed E-state index contributed by atoms with van der Waals surface area (Å²) in [4.78, 5) is 11.3. The highest BCUT2D eigenvalue weighted by Gasteiger charge is 2.22. The van der Waals surface area contributed by atoms with Crippen molar-refractivity contribution in [3.8, 4) is 0 Å². The van der Waals surface area contributed by atoms with Gasteiger partial charge in [-0.3, -0.25) is 4.79 Å². The molecule has 0 amide bonds. The van der Waals surface area contributed by atoms with E-state index in [1.807, 2.05) is 0 Å². The van der Waals surface area contributed by atoms with Crippen molar-refractivity contribution in [1.29, 1.82) is 0 Å². The number of carboxylic acid groups (broad SMARTS) is 1. The number of halogens is 2. The lowest BCUT2D eigenvalue weighted by Gasteiger charge is -2.12. The second-order valence-corrected chi connectivity index (χ2v) is 4.66. The highest BCUT2D eigenvalue weighted by atomic mass is 35.5. The van der Waals surface area contributed by atoms with Gasteiger partial charge < -0.3 is 9.52 Å². The molecule has 94 valence electrons. The summed E-state index contributed by atoms with van der Waals surface area (Å²) in [7, 11) is 0. The second-order valence-electron chi connectivity index (χ2n) is 3.85. The molecule has 0 saturated carbocycles. The molecule has 0 spiro atoms. The van der Waals surface area contributed by atoms with E-state index in [-0.39, 0.29) is 6.42 Å². The summed E-state index contributed by atoms with van der Waals surface area (Å²) < 4.78 is 5.17. The number of carbonyl (C=O) groups is 1. The van der Waals surface area contributed by atoms with Gasteiger partial charge in [0.25, 0.3) is 0 Å². The number of furan rings is 1. The molecule has 0 bridgehead atoms. The van der Waals surface area contributed by atoms with Crippen molar-refractivity contribution in [1.82, 2.24) is 0 Å². The third kappa shape index (κ3) is 2.86. The molecule has 5 heteroatoms. The SMILES string of the molecule is O=C(O)C(Cc1ccco1)c1ccc(Cl)c(Cl)c1. The van der Waals surface area contributed by atoms with Crippen LogP contribution in [-0.2, 0) is 11.2 Å². The van der Waals surface area contributed by atoms with Gasteiger partial charge in [0.1, 0.15) is 5.76 Å². The molecule has 0 saturated heterocycles. The van der Waals surface area contributed by atoms with Gasteiger partial charge in [-0.05, 0) is 29.8 Å². The topological polar surface area (TPSA) is 50.4 Å². The van der Waals surface area contributed by atoms with Crippen LogP contribution in [0.5, 0.6) is 0 Å². The lowest BCUT2D eigenvalue weighted by Crippen LogP contribution is -2.14. The van der Waals surface area contributed by atoms with Crippen molar-refractivity contribution >= 4 is 29.2 Å². The van der Waals surface area contributed by atoms with Gasteiger partial charge in [-0.2, -0.15) is 0 Å². The molecule has 1 heterocycles. The molecule has 1 atom stereocenters. The van der Waals surface area contributed by atoms with E-state index in [4.69, 9.17) is 27.6 Å². The van der Waals surface area contributed by atoms with Crippen molar-refractivity contribution in [2.75, 3.05) is 0 Å². The molecule has 0 aliphatic carbocycles. The van der Waals surface area contributed by atoms with Crippen LogP contribution in [0.2, 0.25) is 10.0 Å². The lowest BCUT2D eigenvalue weighted by atomic mass is 9.95. The van der Waals surface area contributed by atoms with Gasteiger partial charge in [-0.1, -0.05) is 29.3 Å². The maximum Gasteiger partial charge on any atom is 0.311 e. The summed E-state index contributed by atoms with van der Waals surface area (Å²) in [5.74, 6) is -1.01. The fourth-order valence-corrected chi connectivity index (χ4v) is 2.01. The van der Waals surface area contributed by atoms with Gasteiger partial charge in [0.2, 0.25) is 0 Å². The van der Waals surface area contributed by atoms with E-state index in [0.717, 1.165) is 0 Å². The second kappa shape index (κ2) is 5.46. The molecule has 0 aliphatic heterocycles. The third-order valence-electron chi connectivity index (χ3n) is 2.63. The molecular formula is C13H10Cl2O3. The maximum absolute atomic E-state index is 11.3. The average molecular weight is 285 g/mol. The number of rotatable bonds is 4. The summed E-state index contributed by atoms with van der Waals surface area (Å²) in [5.41, 5.74) is 0.605. The highest BCUT2D eigenvalue weighted by Crippen LogP contribution is 2.28. The monoisotopic (exact) mass is 284 g/mol. The minimum Gasteiger partial charge on any atom is -0.481 e. The third-order valence-corrected chi connectivity index (χ3v) is 3.37. The van der Waals surface area contributed by atoms with Gasteiger partial charge in [0.05, 0.1) is 22.2 Å². The van der Waals surface area contributed by atoms with Crippen molar-refractivity contribution in [3.63, 3.8) is 0 Å². The first-order valence-electron chi connectivity index (χ1n) is 5.28. The molecule has 1 aromatic carbocycles. The predicted molar refractivity (Wildman–Crippen MR) is 69.3 cm³/mol. The number of benzene rings is 1. The summed E-state index contributed by atoms with van der Waals surface area (Å²) in [6, 6.07) is 8.30. The number of hydrogen-bond acceptors (Lipinski definition) is 2. The quantitative estimate of drug-likeness (QED) is 0.923. The summed E-state index contributed by atoms with van der Waals surface area (Å²) in [6.07, 6.45) is 1.80. The minimum absolute atomic E-state index is 0.278. The van der Waals surface area contributed by atoms with Gasteiger partial charge in [-0.25, -0.2) is 0 Å². The number of carboxylic acids is 1. The Labute approximate surface area is 114 Å². The van der Waals surface area contributed by atoms with Gasteiger partial charge in [0.15, 0.2) is 0 Å². The first-order chi connectivity index (χ1) is 8.58. The molecular weight excluding hydrogens is 275 g/mol. The van der Waals surface area contributed by atoms with E-state index in [0.29, 0.717) is 21.4 Å². The predicted octanol–water partition coefficient (Wildman–Crippen LogP) is 4.00. The van der Waals surface area contributed by atoms with E-state index < -0.39 is 11.9 Å². The Morgan fingerprint density at radius 2 is 2.06 bits per heavy atom. The summed E-state index contributed by atoms with van der Waals surface area (Å²) in [6.45, 7) is 0. The normalized spacial score (nSPS) is 12.3. The zero-order valence-electron chi connectivity index (χ0n) is 9.27. The van der Waals surface area contributed by atoms with Crippen molar-refractivity contribution < 1.29 is 14.3 Å². The Morgan fingerprint density at radius 1 is 1.28 bits per heavy atom. The van der Waals surface area contributed by atoms with E-state index in [1.54, 1.807) is 30.3 Å². The van der Waals surface area contributed by atoms with Gasteiger partial charge >= 0.3 is 5.97 Å². The molecule has 1 N–H and O–H groups in total. The molecule has 1 aromatic heterocycles. The molecule has 0 fully saturated rings. The van der Waals surface area contributed by atoms with E-state index in [9.17, 15) is 9.90 Å². The van der Waals surface area contributed by atoms with E-state index in [2.05, 4.69) is 0 Å². The number of aliphatic carboxylic acids is 1. The average Bonchev–Trinajstić information content (AvgIpc) is 2.82. The molecule has 18 heavy (non-hydrogen) atoms. The summed E-state index contributed by atoms with van der Waals surface area (Å²) in [5, 5.41) is 10.0. The molecule has 1 unspecified atom stereocenters. The maximum atomic E-state index is 11.3.